The van der Waals surface area contributed by atoms with Gasteiger partial charge in [0.15, 0.2) is 5.82 Å². The normalized spacial score (nSPS) is 17.5. The van der Waals surface area contributed by atoms with E-state index >= 15 is 0 Å². The molecular formula is C15H17N3O3. The molecule has 0 amide bonds. The lowest BCUT2D eigenvalue weighted by Gasteiger charge is -2.29. The smallest absolute Gasteiger partial charge is 0.319 e. The first-order chi connectivity index (χ1) is 10.2. The summed E-state index contributed by atoms with van der Waals surface area (Å²) in [5.74, 6) is -0.142. The second-order valence-corrected chi connectivity index (χ2v) is 5.32. The average molecular weight is 287 g/mol. The number of nitrogens with zero attached hydrogens (tertiary/aromatic N) is 2. The minimum atomic E-state index is -1.05. The van der Waals surface area contributed by atoms with E-state index in [0.29, 0.717) is 38.2 Å². The molecule has 3 rings (SSSR count). The molecule has 2 N–H and O–H groups in total. The molecule has 1 aliphatic heterocycles. The van der Waals surface area contributed by atoms with Crippen LogP contribution < -0.4 is 5.32 Å². The first-order valence-electron chi connectivity index (χ1n) is 7.02. The van der Waals surface area contributed by atoms with Crippen LogP contribution in [0.1, 0.15) is 30.1 Å². The molecule has 21 heavy (non-hydrogen) atoms. The van der Waals surface area contributed by atoms with Crippen LogP contribution in [0, 0.1) is 0 Å². The molecule has 1 aromatic heterocycles. The van der Waals surface area contributed by atoms with E-state index in [0.717, 1.165) is 5.56 Å². The van der Waals surface area contributed by atoms with Gasteiger partial charge in [-0.3, -0.25) is 4.79 Å². The third-order valence-electron chi connectivity index (χ3n) is 3.95. The van der Waals surface area contributed by atoms with Gasteiger partial charge in [0.05, 0.1) is 0 Å². The number of hydrogen-bond donors (Lipinski definition) is 2. The Kier molecular flexibility index (Phi) is 3.70. The van der Waals surface area contributed by atoms with Crippen molar-refractivity contribution >= 4 is 5.97 Å². The number of aliphatic carboxylic acids is 1. The first kappa shape index (κ1) is 13.8. The van der Waals surface area contributed by atoms with Crippen molar-refractivity contribution < 1.29 is 14.4 Å². The molecule has 6 nitrogen and oxygen atoms in total. The van der Waals surface area contributed by atoms with E-state index in [-0.39, 0.29) is 5.89 Å². The molecule has 0 radical (unpaired) electrons. The number of nitrogens with one attached hydrogen (secondary N) is 1. The Morgan fingerprint density at radius 3 is 2.67 bits per heavy atom. The van der Waals surface area contributed by atoms with Crippen molar-refractivity contribution in [3.05, 3.63) is 47.6 Å². The van der Waals surface area contributed by atoms with Gasteiger partial charge in [-0.1, -0.05) is 35.5 Å². The summed E-state index contributed by atoms with van der Waals surface area (Å²) in [5, 5.41) is 16.7. The van der Waals surface area contributed by atoms with Crippen LogP contribution in [0.15, 0.2) is 34.9 Å². The maximum absolute atomic E-state index is 11.7. The van der Waals surface area contributed by atoms with Gasteiger partial charge >= 0.3 is 5.97 Å². The summed E-state index contributed by atoms with van der Waals surface area (Å²) in [5.41, 5.74) is 0.0206. The summed E-state index contributed by atoms with van der Waals surface area (Å²) >= 11 is 0. The van der Waals surface area contributed by atoms with E-state index in [4.69, 9.17) is 4.52 Å². The van der Waals surface area contributed by atoms with Gasteiger partial charge in [-0.25, -0.2) is 0 Å². The van der Waals surface area contributed by atoms with Crippen LogP contribution in [0.2, 0.25) is 0 Å². The Bertz CT molecular complexity index is 618. The van der Waals surface area contributed by atoms with Gasteiger partial charge in [0.25, 0.3) is 0 Å². The fourth-order valence-corrected chi connectivity index (χ4v) is 2.67. The fraction of sp³-hybridized carbons (Fsp3) is 0.400. The van der Waals surface area contributed by atoms with Crippen LogP contribution >= 0.6 is 0 Å². The van der Waals surface area contributed by atoms with Gasteiger partial charge in [-0.2, -0.15) is 4.98 Å². The van der Waals surface area contributed by atoms with Crippen LogP contribution in [-0.4, -0.2) is 34.3 Å². The SMILES string of the molecule is O=C(O)C1(c2nc(Cc3ccccc3)no2)CCNCC1. The summed E-state index contributed by atoms with van der Waals surface area (Å²) in [6.07, 6.45) is 1.48. The maximum Gasteiger partial charge on any atom is 0.319 e. The molecule has 0 aliphatic carbocycles. The van der Waals surface area contributed by atoms with Crippen molar-refractivity contribution in [3.63, 3.8) is 0 Å². The van der Waals surface area contributed by atoms with Crippen LogP contribution in [0.5, 0.6) is 0 Å². The highest BCUT2D eigenvalue weighted by molar-refractivity contribution is 5.80. The molecule has 2 aromatic rings. The molecule has 0 saturated carbocycles. The van der Waals surface area contributed by atoms with E-state index in [1.807, 2.05) is 30.3 Å². The number of hydrogen-bond acceptors (Lipinski definition) is 5. The zero-order valence-corrected chi connectivity index (χ0v) is 11.6. The second-order valence-electron chi connectivity index (χ2n) is 5.32. The summed E-state index contributed by atoms with van der Waals surface area (Å²) in [6, 6.07) is 9.80. The molecule has 110 valence electrons. The topological polar surface area (TPSA) is 88.2 Å². The molecule has 6 heteroatoms. The van der Waals surface area contributed by atoms with Crippen molar-refractivity contribution in [3.8, 4) is 0 Å². The number of carboxylic acid groups (broad SMARTS) is 1. The molecule has 2 heterocycles. The summed E-state index contributed by atoms with van der Waals surface area (Å²) in [7, 11) is 0. The molecule has 0 unspecified atom stereocenters. The average Bonchev–Trinajstić information content (AvgIpc) is 2.98. The molecular weight excluding hydrogens is 270 g/mol. The highest BCUT2D eigenvalue weighted by Gasteiger charge is 2.46. The van der Waals surface area contributed by atoms with Crippen LogP contribution in [0.3, 0.4) is 0 Å². The fourth-order valence-electron chi connectivity index (χ4n) is 2.67. The highest BCUT2D eigenvalue weighted by Crippen LogP contribution is 2.32. The minimum absolute atomic E-state index is 0.224. The van der Waals surface area contributed by atoms with Gasteiger partial charge in [-0.15, -0.1) is 0 Å². The molecule has 0 bridgehead atoms. The van der Waals surface area contributed by atoms with Crippen molar-refractivity contribution in [2.45, 2.75) is 24.7 Å². The molecule has 1 saturated heterocycles. The Labute approximate surface area is 122 Å². The zero-order valence-electron chi connectivity index (χ0n) is 11.6. The predicted octanol–water partition coefficient (Wildman–Crippen LogP) is 1.37. The van der Waals surface area contributed by atoms with Crippen molar-refractivity contribution in [1.82, 2.24) is 15.5 Å². The molecule has 0 atom stereocenters. The number of carboxylic acids is 1. The van der Waals surface area contributed by atoms with Gasteiger partial charge in [0.2, 0.25) is 5.89 Å². The van der Waals surface area contributed by atoms with Gasteiger partial charge in [0.1, 0.15) is 5.41 Å². The lowest BCUT2D eigenvalue weighted by Crippen LogP contribution is -2.45. The molecule has 1 aliphatic rings. The Hall–Kier alpha value is -2.21. The quantitative estimate of drug-likeness (QED) is 0.883. The third-order valence-corrected chi connectivity index (χ3v) is 3.95. The minimum Gasteiger partial charge on any atom is -0.480 e. The monoisotopic (exact) mass is 287 g/mol. The van der Waals surface area contributed by atoms with Crippen LogP contribution in [0.25, 0.3) is 0 Å². The molecule has 1 fully saturated rings. The molecule has 0 spiro atoms. The highest BCUT2D eigenvalue weighted by atomic mass is 16.5. The number of rotatable bonds is 4. The van der Waals surface area contributed by atoms with E-state index in [1.165, 1.54) is 0 Å². The summed E-state index contributed by atoms with van der Waals surface area (Å²) in [6.45, 7) is 1.28. The second kappa shape index (κ2) is 5.65. The summed E-state index contributed by atoms with van der Waals surface area (Å²) < 4.78 is 5.27. The third kappa shape index (κ3) is 2.67. The maximum atomic E-state index is 11.7. The van der Waals surface area contributed by atoms with Gasteiger partial charge in [-0.05, 0) is 31.5 Å². The number of carbonyl (C=O) groups is 1. The van der Waals surface area contributed by atoms with Gasteiger partial charge < -0.3 is 14.9 Å². The van der Waals surface area contributed by atoms with Crippen molar-refractivity contribution in [2.24, 2.45) is 0 Å². The van der Waals surface area contributed by atoms with E-state index in [2.05, 4.69) is 15.5 Å². The standard InChI is InChI=1S/C15H17N3O3/c19-14(20)15(6-8-16-9-7-15)13-17-12(18-21-13)10-11-4-2-1-3-5-11/h1-5,16H,6-10H2,(H,19,20). The summed E-state index contributed by atoms with van der Waals surface area (Å²) in [4.78, 5) is 16.0. The van der Waals surface area contributed by atoms with Gasteiger partial charge in [0, 0.05) is 6.42 Å². The molecule has 1 aromatic carbocycles. The predicted molar refractivity (Wildman–Crippen MR) is 75.0 cm³/mol. The van der Waals surface area contributed by atoms with Crippen LogP contribution in [0.4, 0.5) is 0 Å². The first-order valence-corrected chi connectivity index (χ1v) is 7.02. The Balaban J connectivity index is 1.84. The van der Waals surface area contributed by atoms with E-state index < -0.39 is 11.4 Å². The largest absolute Gasteiger partial charge is 0.480 e. The van der Waals surface area contributed by atoms with Crippen molar-refractivity contribution in [1.29, 1.82) is 0 Å². The van der Waals surface area contributed by atoms with E-state index in [1.54, 1.807) is 0 Å². The Morgan fingerprint density at radius 1 is 1.29 bits per heavy atom. The van der Waals surface area contributed by atoms with Crippen LogP contribution in [-0.2, 0) is 16.6 Å². The Morgan fingerprint density at radius 2 is 2.00 bits per heavy atom. The number of aromatic nitrogens is 2. The van der Waals surface area contributed by atoms with E-state index in [9.17, 15) is 9.90 Å². The lowest BCUT2D eigenvalue weighted by molar-refractivity contribution is -0.146. The zero-order chi connectivity index (χ0) is 14.7. The lowest BCUT2D eigenvalue weighted by atomic mass is 9.79. The number of piperidine rings is 1. The van der Waals surface area contributed by atoms with Crippen molar-refractivity contribution in [2.75, 3.05) is 13.1 Å². The number of benzene rings is 1.